The molecule has 0 N–H and O–H groups in total. The van der Waals surface area contributed by atoms with Gasteiger partial charge in [0.15, 0.2) is 8.07 Å². The Morgan fingerprint density at radius 3 is 1.16 bits per heavy atom. The van der Waals surface area contributed by atoms with Crippen molar-refractivity contribution >= 4 is 56.3 Å². The summed E-state index contributed by atoms with van der Waals surface area (Å²) in [6.07, 6.45) is 0. The van der Waals surface area contributed by atoms with Gasteiger partial charge >= 0.3 is 0 Å². The van der Waals surface area contributed by atoms with E-state index < -0.39 is 8.07 Å². The van der Waals surface area contributed by atoms with Crippen LogP contribution in [0.5, 0.6) is 0 Å². The molecule has 1 heterocycles. The summed E-state index contributed by atoms with van der Waals surface area (Å²) in [4.78, 5) is 0. The summed E-state index contributed by atoms with van der Waals surface area (Å²) in [5, 5.41) is 9.58. The maximum absolute atomic E-state index is 2.98. The zero-order chi connectivity index (χ0) is 33.8. The average Bonchev–Trinajstić information content (AvgIpc) is 3.45. The van der Waals surface area contributed by atoms with Crippen molar-refractivity contribution < 1.29 is 0 Å². The Morgan fingerprint density at radius 1 is 0.388 bits per heavy atom. The van der Waals surface area contributed by atoms with Crippen LogP contribution < -0.4 is 5.19 Å². The molecule has 7 aromatic rings. The van der Waals surface area contributed by atoms with E-state index in [0.717, 1.165) is 0 Å². The van der Waals surface area contributed by atoms with Gasteiger partial charge in [0.25, 0.3) is 0 Å². The SMILES string of the molecule is Cc1ccc2ccccc2c1C1=C(c2ccccc2)C(c2ccccc2)=C(c2c(C)ccc3ccccc23)[Si]1(c1ccccc1)C(C)(C)C. The third-order valence-electron chi connectivity index (χ3n) is 10.7. The highest BCUT2D eigenvalue weighted by Gasteiger charge is 2.59. The lowest BCUT2D eigenvalue weighted by Gasteiger charge is -2.46. The van der Waals surface area contributed by atoms with Crippen LogP contribution in [0.2, 0.25) is 5.04 Å². The van der Waals surface area contributed by atoms with Crippen molar-refractivity contribution in [3.63, 3.8) is 0 Å². The van der Waals surface area contributed by atoms with Crippen molar-refractivity contribution in [3.05, 3.63) is 197 Å². The number of aryl methyl sites for hydroxylation is 2. The molecular formula is C48H42Si. The van der Waals surface area contributed by atoms with E-state index >= 15 is 0 Å². The molecule has 0 saturated carbocycles. The van der Waals surface area contributed by atoms with E-state index in [0.29, 0.717) is 0 Å². The Hall–Kier alpha value is -5.24. The average molecular weight is 647 g/mol. The first-order chi connectivity index (χ1) is 23.8. The molecule has 1 aliphatic heterocycles. The second kappa shape index (κ2) is 12.0. The third-order valence-corrected chi connectivity index (χ3v) is 16.7. The van der Waals surface area contributed by atoms with E-state index in [1.54, 1.807) is 0 Å². The van der Waals surface area contributed by atoms with Crippen molar-refractivity contribution in [2.24, 2.45) is 0 Å². The number of allylic oxidation sites excluding steroid dienone is 2. The molecule has 0 nitrogen and oxygen atoms in total. The van der Waals surface area contributed by atoms with Gasteiger partial charge in [-0.15, -0.1) is 0 Å². The molecule has 0 fully saturated rings. The van der Waals surface area contributed by atoms with Gasteiger partial charge in [0, 0.05) is 0 Å². The molecular weight excluding hydrogens is 605 g/mol. The Kier molecular flexibility index (Phi) is 7.62. The van der Waals surface area contributed by atoms with Crippen LogP contribution in [0.25, 0.3) is 43.1 Å². The summed E-state index contributed by atoms with van der Waals surface area (Å²) in [6, 6.07) is 61.4. The topological polar surface area (TPSA) is 0 Å². The van der Waals surface area contributed by atoms with Crippen molar-refractivity contribution in [3.8, 4) is 0 Å². The molecule has 1 aliphatic rings. The molecule has 0 atom stereocenters. The Balaban J connectivity index is 1.72. The molecule has 7 aromatic carbocycles. The maximum Gasteiger partial charge on any atom is 0.156 e. The second-order valence-corrected chi connectivity index (χ2v) is 19.1. The molecule has 0 aliphatic carbocycles. The van der Waals surface area contributed by atoms with Gasteiger partial charge < -0.3 is 0 Å². The third kappa shape index (κ3) is 4.79. The van der Waals surface area contributed by atoms with Gasteiger partial charge in [-0.3, -0.25) is 0 Å². The van der Waals surface area contributed by atoms with Crippen LogP contribution in [-0.2, 0) is 0 Å². The lowest BCUT2D eigenvalue weighted by molar-refractivity contribution is 0.741. The number of rotatable bonds is 5. The fourth-order valence-corrected chi connectivity index (χ4v) is 15.3. The quantitative estimate of drug-likeness (QED) is 0.163. The van der Waals surface area contributed by atoms with E-state index in [1.807, 2.05) is 0 Å². The van der Waals surface area contributed by atoms with Crippen molar-refractivity contribution in [2.75, 3.05) is 0 Å². The fraction of sp³-hybridized carbons (Fsp3) is 0.125. The van der Waals surface area contributed by atoms with Crippen LogP contribution in [0.15, 0.2) is 164 Å². The minimum Gasteiger partial charge on any atom is -0.0624 e. The highest BCUT2D eigenvalue weighted by Crippen LogP contribution is 2.64. The van der Waals surface area contributed by atoms with Gasteiger partial charge in [-0.25, -0.2) is 0 Å². The summed E-state index contributed by atoms with van der Waals surface area (Å²) >= 11 is 0. The molecule has 238 valence electrons. The van der Waals surface area contributed by atoms with Crippen LogP contribution >= 0.6 is 0 Å². The number of hydrogen-bond donors (Lipinski definition) is 0. The van der Waals surface area contributed by atoms with Crippen LogP contribution in [0.3, 0.4) is 0 Å². The van der Waals surface area contributed by atoms with E-state index in [9.17, 15) is 0 Å². The molecule has 49 heavy (non-hydrogen) atoms. The van der Waals surface area contributed by atoms with E-state index in [2.05, 4.69) is 198 Å². The highest BCUT2D eigenvalue weighted by atomic mass is 28.3. The van der Waals surface area contributed by atoms with E-state index in [1.165, 1.54) is 81.7 Å². The predicted molar refractivity (Wildman–Crippen MR) is 215 cm³/mol. The minimum absolute atomic E-state index is 0.123. The molecule has 0 bridgehead atoms. The highest BCUT2D eigenvalue weighted by molar-refractivity contribution is 7.24. The van der Waals surface area contributed by atoms with Crippen LogP contribution in [0.1, 0.15) is 54.2 Å². The lowest BCUT2D eigenvalue weighted by atomic mass is 9.86. The summed E-state index contributed by atoms with van der Waals surface area (Å²) < 4.78 is 0. The largest absolute Gasteiger partial charge is 0.156 e. The summed E-state index contributed by atoms with van der Waals surface area (Å²) in [7, 11) is -2.98. The number of hydrogen-bond acceptors (Lipinski definition) is 0. The molecule has 0 aromatic heterocycles. The molecule has 0 unspecified atom stereocenters. The van der Waals surface area contributed by atoms with E-state index in [-0.39, 0.29) is 5.04 Å². The first-order valence-corrected chi connectivity index (χ1v) is 19.5. The van der Waals surface area contributed by atoms with Crippen molar-refractivity contribution in [1.29, 1.82) is 0 Å². The molecule has 0 saturated heterocycles. The number of benzene rings is 7. The van der Waals surface area contributed by atoms with Gasteiger partial charge in [0.2, 0.25) is 0 Å². The minimum atomic E-state index is -2.98. The molecule has 0 radical (unpaired) electrons. The van der Waals surface area contributed by atoms with Crippen molar-refractivity contribution in [1.82, 2.24) is 0 Å². The molecule has 0 spiro atoms. The summed E-state index contributed by atoms with van der Waals surface area (Å²) in [6.45, 7) is 12.2. The lowest BCUT2D eigenvalue weighted by Crippen LogP contribution is -2.56. The van der Waals surface area contributed by atoms with Gasteiger partial charge in [-0.2, -0.15) is 0 Å². The van der Waals surface area contributed by atoms with Gasteiger partial charge in [0.1, 0.15) is 0 Å². The monoisotopic (exact) mass is 646 g/mol. The molecule has 0 amide bonds. The van der Waals surface area contributed by atoms with Crippen molar-refractivity contribution in [2.45, 2.75) is 39.7 Å². The van der Waals surface area contributed by atoms with Crippen LogP contribution in [0, 0.1) is 13.8 Å². The maximum atomic E-state index is 2.52. The summed E-state index contributed by atoms with van der Waals surface area (Å²) in [5.41, 5.74) is 10.7. The second-order valence-electron chi connectivity index (χ2n) is 14.6. The first kappa shape index (κ1) is 31.1. The van der Waals surface area contributed by atoms with Crippen LogP contribution in [-0.4, -0.2) is 8.07 Å². The number of fused-ring (bicyclic) bond motifs is 2. The Morgan fingerprint density at radius 2 is 0.755 bits per heavy atom. The smallest absolute Gasteiger partial charge is 0.0624 e. The summed E-state index contributed by atoms with van der Waals surface area (Å²) in [5.74, 6) is 0. The first-order valence-electron chi connectivity index (χ1n) is 17.5. The van der Waals surface area contributed by atoms with Gasteiger partial charge in [0.05, 0.1) is 0 Å². The zero-order valence-electron chi connectivity index (χ0n) is 29.1. The normalized spacial score (nSPS) is 14.6. The van der Waals surface area contributed by atoms with E-state index in [4.69, 9.17) is 0 Å². The Bertz CT molecular complexity index is 2260. The Labute approximate surface area is 292 Å². The zero-order valence-corrected chi connectivity index (χ0v) is 30.1. The molecule has 1 heteroatoms. The van der Waals surface area contributed by atoms with Crippen LogP contribution in [0.4, 0.5) is 0 Å². The predicted octanol–water partition coefficient (Wildman–Crippen LogP) is 12.4. The van der Waals surface area contributed by atoms with Gasteiger partial charge in [-0.1, -0.05) is 185 Å². The fourth-order valence-electron chi connectivity index (χ4n) is 8.75. The molecule has 8 rings (SSSR count). The standard InChI is InChI=1S/C48H42Si/c1-33-29-31-35-19-15-17-27-40(35)42(33)46-44(37-21-9-6-10-22-37)45(38-23-11-7-12-24-38)47(43-34(2)30-32-36-20-16-18-28-41(36)43)49(46,48(3,4)5)39-25-13-8-14-26-39/h6-32H,1-5H3. The van der Waals surface area contributed by atoms with Gasteiger partial charge in [-0.05, 0) is 101 Å².